The number of phenols is 2. The Balaban J connectivity index is 2.40. The topological polar surface area (TPSA) is 159 Å². The van der Waals surface area contributed by atoms with Gasteiger partial charge in [0, 0.05) is 18.1 Å². The number of sulfonamides is 1. The highest BCUT2D eigenvalue weighted by atomic mass is 35.5. The third-order valence-corrected chi connectivity index (χ3v) is 5.36. The summed E-state index contributed by atoms with van der Waals surface area (Å²) >= 11 is 6.06. The molecule has 0 aliphatic carbocycles. The van der Waals surface area contributed by atoms with Crippen molar-refractivity contribution in [2.45, 2.75) is 44.8 Å². The molecular weight excluding hydrogens is 452 g/mol. The van der Waals surface area contributed by atoms with Crippen LogP contribution in [0, 0.1) is 0 Å². The lowest BCUT2D eigenvalue weighted by atomic mass is 9.99. The number of hydrazine groups is 1. The lowest BCUT2D eigenvalue weighted by Crippen LogP contribution is -2.49. The molecule has 0 fully saturated rings. The van der Waals surface area contributed by atoms with E-state index >= 15 is 0 Å². The second-order valence-electron chi connectivity index (χ2n) is 7.13. The maximum atomic E-state index is 12.6. The van der Waals surface area contributed by atoms with E-state index in [2.05, 4.69) is 5.43 Å². The number of carbonyl (C=O) groups is 3. The molecule has 4 N–H and O–H groups in total. The van der Waals surface area contributed by atoms with Crippen LogP contribution in [0.15, 0.2) is 12.1 Å². The number of benzene rings is 1. The van der Waals surface area contributed by atoms with E-state index in [0.29, 0.717) is 12.8 Å². The van der Waals surface area contributed by atoms with Gasteiger partial charge < -0.3 is 14.9 Å². The summed E-state index contributed by atoms with van der Waals surface area (Å²) in [5, 5.41) is 19.8. The second-order valence-corrected chi connectivity index (χ2v) is 9.26. The highest BCUT2D eigenvalue weighted by molar-refractivity contribution is 7.88. The van der Waals surface area contributed by atoms with E-state index < -0.39 is 51.2 Å². The number of hydrogen-bond acceptors (Lipinski definition) is 9. The van der Waals surface area contributed by atoms with Gasteiger partial charge in [-0.25, -0.2) is 18.6 Å². The minimum Gasteiger partial charge on any atom is -0.507 e. The van der Waals surface area contributed by atoms with Crippen LogP contribution in [0.1, 0.15) is 48.5 Å². The van der Waals surface area contributed by atoms with Gasteiger partial charge in [0.2, 0.25) is 21.6 Å². The first-order valence-corrected chi connectivity index (χ1v) is 11.6. The fourth-order valence-electron chi connectivity index (χ4n) is 2.96. The Morgan fingerprint density at radius 2 is 1.84 bits per heavy atom. The molecule has 0 saturated carbocycles. The highest BCUT2D eigenvalue weighted by Gasteiger charge is 2.27. The first-order chi connectivity index (χ1) is 14.4. The molecule has 0 amide bonds. The Labute approximate surface area is 184 Å². The summed E-state index contributed by atoms with van der Waals surface area (Å²) in [5.74, 6) is -3.54. The number of fused-ring (bicyclic) bond motifs is 1. The zero-order valence-corrected chi connectivity index (χ0v) is 18.4. The van der Waals surface area contributed by atoms with Crippen LogP contribution in [0.25, 0.3) is 6.08 Å². The van der Waals surface area contributed by atoms with E-state index in [1.54, 1.807) is 6.92 Å². The molecule has 1 heterocycles. The van der Waals surface area contributed by atoms with E-state index in [1.807, 2.05) is 4.83 Å². The monoisotopic (exact) mass is 474 g/mol. The third-order valence-electron chi connectivity index (χ3n) is 4.47. The number of allylic oxidation sites excluding steroid dienone is 1. The van der Waals surface area contributed by atoms with Gasteiger partial charge in [0.15, 0.2) is 0 Å². The van der Waals surface area contributed by atoms with Crippen molar-refractivity contribution in [3.63, 3.8) is 0 Å². The highest BCUT2D eigenvalue weighted by Crippen LogP contribution is 2.37. The smallest absolute Gasteiger partial charge is 0.342 e. The van der Waals surface area contributed by atoms with Gasteiger partial charge in [-0.3, -0.25) is 9.59 Å². The summed E-state index contributed by atoms with van der Waals surface area (Å²) in [6.45, 7) is 1.60. The van der Waals surface area contributed by atoms with Crippen LogP contribution >= 0.6 is 11.6 Å². The molecule has 2 atom stereocenters. The van der Waals surface area contributed by atoms with Crippen molar-refractivity contribution in [1.29, 1.82) is 0 Å². The molecule has 1 aromatic rings. The molecular formula is C19H23ClN2O8S. The first-order valence-electron chi connectivity index (χ1n) is 9.32. The number of hydrogen-bond donors (Lipinski definition) is 4. The van der Waals surface area contributed by atoms with Gasteiger partial charge in [0.25, 0.3) is 0 Å². The number of Topliss-reactive ketones (excluding diaryl/α,β-unsaturated/α-hetero) is 2. The van der Waals surface area contributed by atoms with Gasteiger partial charge in [-0.2, -0.15) is 4.83 Å². The molecule has 0 radical (unpaired) electrons. The minimum absolute atomic E-state index is 0.0675. The second kappa shape index (κ2) is 10.2. The molecule has 0 bridgehead atoms. The predicted octanol–water partition coefficient (Wildman–Crippen LogP) is 1.44. The summed E-state index contributed by atoms with van der Waals surface area (Å²) in [6.07, 6.45) is 3.07. The molecule has 12 heteroatoms. The molecule has 31 heavy (non-hydrogen) atoms. The quantitative estimate of drug-likeness (QED) is 0.289. The molecule has 1 unspecified atom stereocenters. The Morgan fingerprint density at radius 1 is 1.16 bits per heavy atom. The van der Waals surface area contributed by atoms with E-state index in [1.165, 1.54) is 12.2 Å². The van der Waals surface area contributed by atoms with Gasteiger partial charge in [0.1, 0.15) is 17.1 Å². The lowest BCUT2D eigenvalue weighted by Gasteiger charge is -2.19. The summed E-state index contributed by atoms with van der Waals surface area (Å²) in [7, 11) is -3.66. The Kier molecular flexibility index (Phi) is 8.18. The number of rotatable bonds is 3. The van der Waals surface area contributed by atoms with Crippen molar-refractivity contribution in [2.75, 3.05) is 6.26 Å². The summed E-state index contributed by atoms with van der Waals surface area (Å²) < 4.78 is 28.0. The summed E-state index contributed by atoms with van der Waals surface area (Å²) in [5.41, 5.74) is 2.01. The van der Waals surface area contributed by atoms with Gasteiger partial charge >= 0.3 is 5.97 Å². The lowest BCUT2D eigenvalue weighted by molar-refractivity contribution is -0.137. The van der Waals surface area contributed by atoms with Crippen LogP contribution < -0.4 is 10.3 Å². The number of halogens is 1. The molecule has 1 aliphatic rings. The standard InChI is InChI=1S/C19H23ClN2O8S/c1-10-5-3-7-12(21-22-31(2,28)29)18(26)13(23)8-4-6-11-16(19(27)30-10)14(24)9-15(25)17(11)20/h4,6,9-10,12,21-22,24-25H,3,5,7-8H2,1-2H3/t10-,12?/m0/s1. The van der Waals surface area contributed by atoms with Crippen molar-refractivity contribution in [2.24, 2.45) is 0 Å². The van der Waals surface area contributed by atoms with Gasteiger partial charge in [-0.1, -0.05) is 23.8 Å². The molecule has 1 aromatic carbocycles. The van der Waals surface area contributed by atoms with Crippen LogP contribution in [-0.2, 0) is 24.3 Å². The number of carbonyl (C=O) groups excluding carboxylic acids is 3. The molecule has 1 aliphatic heterocycles. The predicted molar refractivity (Wildman–Crippen MR) is 112 cm³/mol. The van der Waals surface area contributed by atoms with Crippen LogP contribution in [0.5, 0.6) is 11.5 Å². The van der Waals surface area contributed by atoms with Gasteiger partial charge in [-0.05, 0) is 26.2 Å². The van der Waals surface area contributed by atoms with Crippen LogP contribution in [0.3, 0.4) is 0 Å². The average molecular weight is 475 g/mol. The summed E-state index contributed by atoms with van der Waals surface area (Å²) in [4.78, 5) is 39.4. The fourth-order valence-corrected chi connectivity index (χ4v) is 3.53. The molecule has 0 aromatic heterocycles. The fraction of sp³-hybridized carbons (Fsp3) is 0.421. The summed E-state index contributed by atoms with van der Waals surface area (Å²) in [6, 6.07) is -0.200. The number of nitrogens with one attached hydrogen (secondary N) is 2. The third kappa shape index (κ3) is 6.76. The van der Waals surface area contributed by atoms with E-state index in [0.717, 1.165) is 12.3 Å². The maximum absolute atomic E-state index is 12.6. The van der Waals surface area contributed by atoms with Crippen molar-refractivity contribution < 1.29 is 37.8 Å². The van der Waals surface area contributed by atoms with E-state index in [4.69, 9.17) is 16.3 Å². The normalized spacial score (nSPS) is 21.3. The van der Waals surface area contributed by atoms with Crippen molar-refractivity contribution in [1.82, 2.24) is 10.3 Å². The molecule has 2 rings (SSSR count). The van der Waals surface area contributed by atoms with Gasteiger partial charge in [0.05, 0.1) is 23.4 Å². The van der Waals surface area contributed by atoms with Gasteiger partial charge in [-0.15, -0.1) is 0 Å². The molecule has 170 valence electrons. The average Bonchev–Trinajstić information content (AvgIpc) is 2.65. The minimum atomic E-state index is -3.66. The number of phenolic OH excluding ortho intramolecular Hbond substituents is 2. The van der Waals surface area contributed by atoms with Crippen molar-refractivity contribution in [3.05, 3.63) is 28.3 Å². The number of ether oxygens (including phenoxy) is 1. The first kappa shape index (κ1) is 24.8. The number of ketones is 2. The van der Waals surface area contributed by atoms with Crippen molar-refractivity contribution in [3.8, 4) is 11.5 Å². The molecule has 0 saturated heterocycles. The molecule has 10 nitrogen and oxygen atoms in total. The van der Waals surface area contributed by atoms with Crippen LogP contribution in [-0.4, -0.2) is 54.6 Å². The Bertz CT molecular complexity index is 1020. The Hall–Kier alpha value is -2.47. The van der Waals surface area contributed by atoms with Crippen LogP contribution in [0.2, 0.25) is 5.02 Å². The Morgan fingerprint density at radius 3 is 2.48 bits per heavy atom. The zero-order valence-electron chi connectivity index (χ0n) is 16.8. The number of aromatic hydroxyl groups is 2. The van der Waals surface area contributed by atoms with E-state index in [9.17, 15) is 33.0 Å². The SMILES string of the molecule is C[C@H]1CCCC(NNS(C)(=O)=O)C(=O)C(=O)CC=Cc2c(Cl)c(O)cc(O)c2C(=O)O1. The maximum Gasteiger partial charge on any atom is 0.342 e. The number of esters is 1. The zero-order chi connectivity index (χ0) is 23.3. The van der Waals surface area contributed by atoms with Crippen LogP contribution in [0.4, 0.5) is 0 Å². The van der Waals surface area contributed by atoms with E-state index in [-0.39, 0.29) is 29.0 Å². The largest absolute Gasteiger partial charge is 0.507 e. The number of cyclic esters (lactones) is 1. The van der Waals surface area contributed by atoms with Crippen molar-refractivity contribution >= 4 is 45.2 Å². The molecule has 0 spiro atoms.